The Kier molecular flexibility index (Phi) is 3.33. The highest BCUT2D eigenvalue weighted by Crippen LogP contribution is 2.64. The highest BCUT2D eigenvalue weighted by Gasteiger charge is 2.65. The van der Waals surface area contributed by atoms with Gasteiger partial charge in [0.25, 0.3) is 0 Å². The van der Waals surface area contributed by atoms with Gasteiger partial charge in [-0.3, -0.25) is 0 Å². The van der Waals surface area contributed by atoms with Crippen LogP contribution in [0.25, 0.3) is 0 Å². The fraction of sp³-hybridized carbons (Fsp3) is 0.391. The monoisotopic (exact) mass is 332 g/mol. The average Bonchev–Trinajstić information content (AvgIpc) is 2.90. The number of benzene rings is 2. The van der Waals surface area contributed by atoms with E-state index in [1.54, 1.807) is 0 Å². The van der Waals surface area contributed by atoms with Gasteiger partial charge in [0.05, 0.1) is 0 Å². The maximum atomic E-state index is 6.80. The van der Waals surface area contributed by atoms with Crippen LogP contribution < -0.4 is 0 Å². The third-order valence-corrected chi connectivity index (χ3v) is 6.43. The normalized spacial score (nSPS) is 36.6. The molecule has 2 bridgehead atoms. The second-order valence-corrected chi connectivity index (χ2v) is 7.71. The van der Waals surface area contributed by atoms with Crippen molar-refractivity contribution < 1.29 is 9.47 Å². The van der Waals surface area contributed by atoms with Gasteiger partial charge in [0, 0.05) is 17.9 Å². The van der Waals surface area contributed by atoms with E-state index < -0.39 is 5.79 Å². The minimum atomic E-state index is -0.688. The summed E-state index contributed by atoms with van der Waals surface area (Å²) in [5.74, 6) is 1.05. The quantitative estimate of drug-likeness (QED) is 0.721. The Balaban J connectivity index is 1.66. The van der Waals surface area contributed by atoms with Gasteiger partial charge < -0.3 is 9.47 Å². The van der Waals surface area contributed by atoms with Gasteiger partial charge >= 0.3 is 0 Å². The first-order valence-corrected chi connectivity index (χ1v) is 9.43. The molecule has 3 fully saturated rings. The van der Waals surface area contributed by atoms with Crippen molar-refractivity contribution in [2.75, 3.05) is 0 Å². The first-order valence-electron chi connectivity index (χ1n) is 9.43. The predicted octanol–water partition coefficient (Wildman–Crippen LogP) is 5.52. The van der Waals surface area contributed by atoms with Gasteiger partial charge in [-0.15, -0.1) is 0 Å². The van der Waals surface area contributed by atoms with Crippen LogP contribution in [0.5, 0.6) is 0 Å². The van der Waals surface area contributed by atoms with Crippen molar-refractivity contribution in [1.82, 2.24) is 0 Å². The molecule has 3 aliphatic rings. The molecule has 0 radical (unpaired) electrons. The number of hydrogen-bond acceptors (Lipinski definition) is 2. The molecule has 0 amide bonds. The van der Waals surface area contributed by atoms with Gasteiger partial charge in [0.15, 0.2) is 0 Å². The number of hydrogen-bond donors (Lipinski definition) is 0. The molecule has 5 rings (SSSR count). The van der Waals surface area contributed by atoms with Gasteiger partial charge in [0.2, 0.25) is 5.79 Å². The van der Waals surface area contributed by atoms with E-state index in [0.29, 0.717) is 11.8 Å². The predicted molar refractivity (Wildman–Crippen MR) is 97.9 cm³/mol. The maximum absolute atomic E-state index is 6.80. The van der Waals surface area contributed by atoms with Gasteiger partial charge in [-0.2, -0.15) is 0 Å². The summed E-state index contributed by atoms with van der Waals surface area (Å²) >= 11 is 0. The van der Waals surface area contributed by atoms with Crippen molar-refractivity contribution in [1.29, 1.82) is 0 Å². The molecule has 1 aliphatic carbocycles. The Bertz CT molecular complexity index is 784. The molecule has 0 unspecified atom stereocenters. The van der Waals surface area contributed by atoms with E-state index in [1.165, 1.54) is 24.8 Å². The Morgan fingerprint density at radius 1 is 0.920 bits per heavy atom. The van der Waals surface area contributed by atoms with E-state index in [4.69, 9.17) is 9.47 Å². The third kappa shape index (κ3) is 2.13. The SMILES string of the molecule is C=C1O[C@@]2(c3ccccc3)C[C@@H](c3ccccc3)[C@H]3CCCC[C@@]13O2. The summed E-state index contributed by atoms with van der Waals surface area (Å²) in [6.07, 6.45) is 5.52. The zero-order chi connectivity index (χ0) is 16.9. The topological polar surface area (TPSA) is 18.5 Å². The van der Waals surface area contributed by atoms with Crippen molar-refractivity contribution in [2.24, 2.45) is 5.92 Å². The summed E-state index contributed by atoms with van der Waals surface area (Å²) in [6.45, 7) is 4.32. The Morgan fingerprint density at radius 2 is 1.64 bits per heavy atom. The molecule has 2 aliphatic heterocycles. The third-order valence-electron chi connectivity index (χ3n) is 6.43. The minimum Gasteiger partial charge on any atom is -0.460 e. The minimum absolute atomic E-state index is 0.327. The molecule has 4 atom stereocenters. The van der Waals surface area contributed by atoms with Gasteiger partial charge in [-0.05, 0) is 24.3 Å². The molecule has 1 spiro atoms. The number of fused-ring (bicyclic) bond motifs is 1. The molecule has 2 heteroatoms. The summed E-state index contributed by atoms with van der Waals surface area (Å²) in [5, 5.41) is 0. The second-order valence-electron chi connectivity index (χ2n) is 7.71. The summed E-state index contributed by atoms with van der Waals surface area (Å²) in [4.78, 5) is 0. The summed E-state index contributed by atoms with van der Waals surface area (Å²) < 4.78 is 13.3. The largest absolute Gasteiger partial charge is 0.460 e. The van der Waals surface area contributed by atoms with E-state index in [9.17, 15) is 0 Å². The Morgan fingerprint density at radius 3 is 2.40 bits per heavy atom. The lowest BCUT2D eigenvalue weighted by atomic mass is 9.63. The van der Waals surface area contributed by atoms with Gasteiger partial charge in [-0.1, -0.05) is 80.1 Å². The molecule has 0 aromatic heterocycles. The van der Waals surface area contributed by atoms with Gasteiger partial charge in [0.1, 0.15) is 11.4 Å². The molecule has 2 aromatic carbocycles. The summed E-state index contributed by atoms with van der Waals surface area (Å²) in [7, 11) is 0. The van der Waals surface area contributed by atoms with E-state index in [-0.39, 0.29) is 5.60 Å². The fourth-order valence-corrected chi connectivity index (χ4v) is 5.32. The lowest BCUT2D eigenvalue weighted by Crippen LogP contribution is -2.51. The zero-order valence-electron chi connectivity index (χ0n) is 14.5. The highest BCUT2D eigenvalue weighted by atomic mass is 16.8. The molecule has 2 saturated heterocycles. The van der Waals surface area contributed by atoms with Crippen LogP contribution in [0.3, 0.4) is 0 Å². The Labute approximate surface area is 149 Å². The average molecular weight is 332 g/mol. The first kappa shape index (κ1) is 15.2. The highest BCUT2D eigenvalue weighted by molar-refractivity contribution is 5.34. The molecule has 0 N–H and O–H groups in total. The first-order chi connectivity index (χ1) is 12.2. The van der Waals surface area contributed by atoms with Crippen molar-refractivity contribution in [2.45, 2.75) is 49.4 Å². The van der Waals surface area contributed by atoms with Crippen molar-refractivity contribution in [3.05, 3.63) is 84.1 Å². The maximum Gasteiger partial charge on any atom is 0.238 e. The molecule has 2 nitrogen and oxygen atoms in total. The van der Waals surface area contributed by atoms with Crippen LogP contribution >= 0.6 is 0 Å². The van der Waals surface area contributed by atoms with E-state index in [2.05, 4.69) is 61.2 Å². The lowest BCUT2D eigenvalue weighted by molar-refractivity contribution is -0.248. The van der Waals surface area contributed by atoms with E-state index >= 15 is 0 Å². The lowest BCUT2D eigenvalue weighted by Gasteiger charge is -2.49. The van der Waals surface area contributed by atoms with Crippen molar-refractivity contribution >= 4 is 0 Å². The molecule has 25 heavy (non-hydrogen) atoms. The Hall–Kier alpha value is -2.06. The molecule has 128 valence electrons. The van der Waals surface area contributed by atoms with Crippen LogP contribution in [-0.4, -0.2) is 5.60 Å². The van der Waals surface area contributed by atoms with Crippen LogP contribution in [0.1, 0.15) is 49.1 Å². The van der Waals surface area contributed by atoms with E-state index in [0.717, 1.165) is 24.2 Å². The van der Waals surface area contributed by atoms with Crippen LogP contribution in [-0.2, 0) is 15.3 Å². The van der Waals surface area contributed by atoms with Crippen LogP contribution in [0.15, 0.2) is 73.0 Å². The molecule has 2 aromatic rings. The molecule has 1 saturated carbocycles. The summed E-state index contributed by atoms with van der Waals surface area (Å²) in [6, 6.07) is 21.3. The van der Waals surface area contributed by atoms with Crippen LogP contribution in [0.4, 0.5) is 0 Å². The smallest absolute Gasteiger partial charge is 0.238 e. The van der Waals surface area contributed by atoms with Crippen LogP contribution in [0, 0.1) is 5.92 Å². The summed E-state index contributed by atoms with van der Waals surface area (Å²) in [5.41, 5.74) is 2.19. The van der Waals surface area contributed by atoms with Crippen molar-refractivity contribution in [3.8, 4) is 0 Å². The van der Waals surface area contributed by atoms with Crippen molar-refractivity contribution in [3.63, 3.8) is 0 Å². The molecule has 2 heterocycles. The molecular formula is C23H24O2. The standard InChI is InChI=1S/C23H24O2/c1-17-22-15-9-8-14-21(22)20(18-10-4-2-5-11-18)16-23(24-17,25-22)19-12-6-3-7-13-19/h2-7,10-13,20-21H,1,8-9,14-16H2/t20-,21+,22+,23-/m0/s1. The molecular weight excluding hydrogens is 308 g/mol. The van der Waals surface area contributed by atoms with E-state index in [1.807, 2.05) is 6.07 Å². The number of rotatable bonds is 2. The zero-order valence-corrected chi connectivity index (χ0v) is 14.5. The number of ether oxygens (including phenoxy) is 2. The second kappa shape index (κ2) is 5.47. The van der Waals surface area contributed by atoms with Crippen LogP contribution in [0.2, 0.25) is 0 Å². The fourth-order valence-electron chi connectivity index (χ4n) is 5.32. The van der Waals surface area contributed by atoms with Gasteiger partial charge in [-0.25, -0.2) is 0 Å².